The molecule has 6 heteroatoms. The molecule has 154 valence electrons. The molecule has 2 heterocycles. The molecule has 0 aromatic carbocycles. The number of likely N-dealkylation sites (tertiary alicyclic amines) is 1. The second-order valence-electron chi connectivity index (χ2n) is 8.65. The maximum absolute atomic E-state index is 13.2. The van der Waals surface area contributed by atoms with Gasteiger partial charge in [-0.1, -0.05) is 40.0 Å². The summed E-state index contributed by atoms with van der Waals surface area (Å²) in [5, 5.41) is 5.99. The van der Waals surface area contributed by atoms with Gasteiger partial charge in [0, 0.05) is 32.1 Å². The molecule has 2 aliphatic rings. The van der Waals surface area contributed by atoms with Crippen molar-refractivity contribution in [3.05, 3.63) is 0 Å². The summed E-state index contributed by atoms with van der Waals surface area (Å²) in [6.45, 7) is 8.07. The van der Waals surface area contributed by atoms with Crippen LogP contribution in [-0.2, 0) is 14.4 Å². The lowest BCUT2D eigenvalue weighted by Crippen LogP contribution is -2.53. The van der Waals surface area contributed by atoms with Gasteiger partial charge in [-0.25, -0.2) is 0 Å². The molecule has 2 saturated heterocycles. The van der Waals surface area contributed by atoms with Gasteiger partial charge < -0.3 is 15.5 Å². The van der Waals surface area contributed by atoms with Crippen molar-refractivity contribution < 1.29 is 14.4 Å². The molecule has 2 atom stereocenters. The summed E-state index contributed by atoms with van der Waals surface area (Å²) in [5.41, 5.74) is -0.951. The number of unbranched alkanes of at least 4 members (excludes halogenated alkanes) is 1. The van der Waals surface area contributed by atoms with E-state index >= 15 is 0 Å². The standard InChI is InChI=1S/C21H37N3O3/c1-4-5-10-18(25)24-13-8-6-7-9-17(15-24)23-20(27)21(14-16(2)3)11-12-22-19(21)26/h16-17H,4-15H2,1-3H3,(H,22,26)(H,23,27). The molecule has 3 amide bonds. The third kappa shape index (κ3) is 5.69. The number of nitrogens with one attached hydrogen (secondary N) is 2. The molecule has 0 bridgehead atoms. The molecule has 0 aromatic rings. The van der Waals surface area contributed by atoms with E-state index in [2.05, 4.69) is 17.6 Å². The van der Waals surface area contributed by atoms with Crippen molar-refractivity contribution in [2.24, 2.45) is 11.3 Å². The fourth-order valence-electron chi connectivity index (χ4n) is 4.35. The lowest BCUT2D eigenvalue weighted by molar-refractivity contribution is -0.143. The van der Waals surface area contributed by atoms with Crippen LogP contribution in [0, 0.1) is 11.3 Å². The lowest BCUT2D eigenvalue weighted by atomic mass is 9.77. The van der Waals surface area contributed by atoms with E-state index in [9.17, 15) is 14.4 Å². The van der Waals surface area contributed by atoms with E-state index in [0.29, 0.717) is 32.4 Å². The molecule has 2 unspecified atom stereocenters. The summed E-state index contributed by atoms with van der Waals surface area (Å²) < 4.78 is 0. The Bertz CT molecular complexity index is 535. The predicted molar refractivity (Wildman–Crippen MR) is 106 cm³/mol. The molecule has 6 nitrogen and oxygen atoms in total. The van der Waals surface area contributed by atoms with Gasteiger partial charge in [-0.05, 0) is 38.0 Å². The van der Waals surface area contributed by atoms with Crippen molar-refractivity contribution in [1.82, 2.24) is 15.5 Å². The zero-order valence-electron chi connectivity index (χ0n) is 17.3. The smallest absolute Gasteiger partial charge is 0.236 e. The second kappa shape index (κ2) is 10.1. The topological polar surface area (TPSA) is 78.5 Å². The quantitative estimate of drug-likeness (QED) is 0.668. The normalized spacial score (nSPS) is 26.4. The van der Waals surface area contributed by atoms with Crippen LogP contribution in [0.3, 0.4) is 0 Å². The van der Waals surface area contributed by atoms with Gasteiger partial charge >= 0.3 is 0 Å². The molecule has 0 aliphatic carbocycles. The van der Waals surface area contributed by atoms with E-state index in [0.717, 1.165) is 45.1 Å². The van der Waals surface area contributed by atoms with E-state index in [-0.39, 0.29) is 29.7 Å². The van der Waals surface area contributed by atoms with E-state index in [1.54, 1.807) is 0 Å². The minimum absolute atomic E-state index is 0.0687. The Morgan fingerprint density at radius 1 is 1.30 bits per heavy atom. The van der Waals surface area contributed by atoms with E-state index in [1.807, 2.05) is 18.7 Å². The van der Waals surface area contributed by atoms with Crippen LogP contribution in [0.5, 0.6) is 0 Å². The third-order valence-electron chi connectivity index (χ3n) is 5.82. The van der Waals surface area contributed by atoms with Gasteiger partial charge in [0.1, 0.15) is 5.41 Å². The highest BCUT2D eigenvalue weighted by Gasteiger charge is 2.49. The largest absolute Gasteiger partial charge is 0.355 e. The number of carbonyl (C=O) groups excluding carboxylic acids is 3. The first kappa shape index (κ1) is 21.7. The Balaban J connectivity index is 2.06. The molecule has 0 spiro atoms. The Morgan fingerprint density at radius 2 is 2.07 bits per heavy atom. The van der Waals surface area contributed by atoms with Crippen molar-refractivity contribution >= 4 is 17.7 Å². The zero-order valence-corrected chi connectivity index (χ0v) is 17.3. The molecule has 0 saturated carbocycles. The molecule has 0 radical (unpaired) electrons. The molecule has 0 aromatic heterocycles. The number of rotatable bonds is 7. The van der Waals surface area contributed by atoms with E-state index in [1.165, 1.54) is 0 Å². The van der Waals surface area contributed by atoms with Crippen LogP contribution in [0.1, 0.15) is 78.6 Å². The lowest BCUT2D eigenvalue weighted by Gasteiger charge is -2.34. The average Bonchev–Trinajstić information content (AvgIpc) is 2.95. The summed E-state index contributed by atoms with van der Waals surface area (Å²) in [6.07, 6.45) is 7.62. The Labute approximate surface area is 163 Å². The van der Waals surface area contributed by atoms with Crippen molar-refractivity contribution in [3.8, 4) is 0 Å². The second-order valence-corrected chi connectivity index (χ2v) is 8.65. The maximum atomic E-state index is 13.2. The summed E-state index contributed by atoms with van der Waals surface area (Å²) in [7, 11) is 0. The first-order valence-electron chi connectivity index (χ1n) is 10.8. The highest BCUT2D eigenvalue weighted by atomic mass is 16.2. The van der Waals surface area contributed by atoms with Crippen LogP contribution in [0.25, 0.3) is 0 Å². The first-order chi connectivity index (χ1) is 12.9. The van der Waals surface area contributed by atoms with Crippen molar-refractivity contribution in [3.63, 3.8) is 0 Å². The number of carbonyl (C=O) groups is 3. The molecule has 2 fully saturated rings. The number of nitrogens with zero attached hydrogens (tertiary/aromatic N) is 1. The third-order valence-corrected chi connectivity index (χ3v) is 5.82. The van der Waals surface area contributed by atoms with Gasteiger partial charge in [0.05, 0.1) is 0 Å². The summed E-state index contributed by atoms with van der Waals surface area (Å²) in [6, 6.07) is -0.0687. The van der Waals surface area contributed by atoms with Crippen LogP contribution in [0.4, 0.5) is 0 Å². The van der Waals surface area contributed by atoms with Crippen molar-refractivity contribution in [2.75, 3.05) is 19.6 Å². The molecular weight excluding hydrogens is 342 g/mol. The molecule has 27 heavy (non-hydrogen) atoms. The van der Waals surface area contributed by atoms with Crippen molar-refractivity contribution in [1.29, 1.82) is 0 Å². The van der Waals surface area contributed by atoms with E-state index < -0.39 is 5.41 Å². The van der Waals surface area contributed by atoms with Crippen LogP contribution in [-0.4, -0.2) is 48.3 Å². The number of hydrogen-bond acceptors (Lipinski definition) is 3. The van der Waals surface area contributed by atoms with Gasteiger partial charge in [0.25, 0.3) is 0 Å². The summed E-state index contributed by atoms with van der Waals surface area (Å²) in [5.74, 6) is 0.158. The molecular formula is C21H37N3O3. The first-order valence-corrected chi connectivity index (χ1v) is 10.8. The fourth-order valence-corrected chi connectivity index (χ4v) is 4.35. The van der Waals surface area contributed by atoms with Crippen molar-refractivity contribution in [2.45, 2.75) is 84.6 Å². The van der Waals surface area contributed by atoms with Crippen LogP contribution >= 0.6 is 0 Å². The fraction of sp³-hybridized carbons (Fsp3) is 0.857. The highest BCUT2D eigenvalue weighted by molar-refractivity contribution is 6.06. The monoisotopic (exact) mass is 379 g/mol. The van der Waals surface area contributed by atoms with Gasteiger partial charge in [-0.3, -0.25) is 14.4 Å². The SMILES string of the molecule is CCCCC(=O)N1CCCCCC(NC(=O)C2(CC(C)C)CCNC2=O)C1. The molecule has 2 rings (SSSR count). The van der Waals surface area contributed by atoms with E-state index in [4.69, 9.17) is 0 Å². The van der Waals surface area contributed by atoms with Gasteiger partial charge in [-0.2, -0.15) is 0 Å². The maximum Gasteiger partial charge on any atom is 0.236 e. The summed E-state index contributed by atoms with van der Waals surface area (Å²) in [4.78, 5) is 40.1. The molecule has 2 N–H and O–H groups in total. The average molecular weight is 380 g/mol. The number of amides is 3. The Hall–Kier alpha value is -1.59. The minimum atomic E-state index is -0.951. The summed E-state index contributed by atoms with van der Waals surface area (Å²) >= 11 is 0. The van der Waals surface area contributed by atoms with Gasteiger partial charge in [0.2, 0.25) is 17.7 Å². The minimum Gasteiger partial charge on any atom is -0.355 e. The van der Waals surface area contributed by atoms with Gasteiger partial charge in [0.15, 0.2) is 0 Å². The van der Waals surface area contributed by atoms with Crippen LogP contribution < -0.4 is 10.6 Å². The molecule has 2 aliphatic heterocycles. The van der Waals surface area contributed by atoms with Crippen LogP contribution in [0.2, 0.25) is 0 Å². The van der Waals surface area contributed by atoms with Crippen LogP contribution in [0.15, 0.2) is 0 Å². The Morgan fingerprint density at radius 3 is 2.70 bits per heavy atom. The Kier molecular flexibility index (Phi) is 8.11. The highest BCUT2D eigenvalue weighted by Crippen LogP contribution is 2.34. The van der Waals surface area contributed by atoms with Gasteiger partial charge in [-0.15, -0.1) is 0 Å². The predicted octanol–water partition coefficient (Wildman–Crippen LogP) is 2.62. The zero-order chi connectivity index (χ0) is 19.9. The number of hydrogen-bond donors (Lipinski definition) is 2.